The molecule has 0 amide bonds. The zero-order chi connectivity index (χ0) is 12.5. The van der Waals surface area contributed by atoms with Gasteiger partial charge in [-0.25, -0.2) is 0 Å². The van der Waals surface area contributed by atoms with Crippen LogP contribution >= 0.6 is 0 Å². The Hall–Kier alpha value is -1.46. The highest BCUT2D eigenvalue weighted by Gasteiger charge is 2.39. The predicted octanol–water partition coefficient (Wildman–Crippen LogP) is 1.72. The highest BCUT2D eigenvalue weighted by molar-refractivity contribution is 5.36. The zero-order valence-corrected chi connectivity index (χ0v) is 9.37. The molecule has 1 saturated carbocycles. The van der Waals surface area contributed by atoms with Crippen molar-refractivity contribution in [2.75, 3.05) is 0 Å². The molecule has 2 N–H and O–H groups in total. The fraction of sp³-hybridized carbons (Fsp3) is 0.500. The van der Waals surface area contributed by atoms with Crippen LogP contribution in [0.15, 0.2) is 24.3 Å². The lowest BCUT2D eigenvalue weighted by Crippen LogP contribution is -2.42. The minimum Gasteiger partial charge on any atom is -0.390 e. The van der Waals surface area contributed by atoms with Gasteiger partial charge in [0.2, 0.25) is 0 Å². The molecule has 17 heavy (non-hydrogen) atoms. The van der Waals surface area contributed by atoms with E-state index in [1.807, 2.05) is 0 Å². The summed E-state index contributed by atoms with van der Waals surface area (Å²) in [7, 11) is 0. The predicted molar refractivity (Wildman–Crippen MR) is 61.5 cm³/mol. The van der Waals surface area contributed by atoms with Crippen molar-refractivity contribution in [3.05, 3.63) is 39.9 Å². The number of nitro groups is 1. The molecule has 0 bridgehead atoms. The van der Waals surface area contributed by atoms with Gasteiger partial charge in [0, 0.05) is 12.1 Å². The van der Waals surface area contributed by atoms with Crippen molar-refractivity contribution in [3.63, 3.8) is 0 Å². The van der Waals surface area contributed by atoms with Gasteiger partial charge < -0.3 is 10.2 Å². The van der Waals surface area contributed by atoms with E-state index >= 15 is 0 Å². The normalized spacial score (nSPS) is 28.9. The van der Waals surface area contributed by atoms with Crippen LogP contribution in [-0.2, 0) is 5.60 Å². The SMILES string of the molecule is O=[N+]([O-])c1ccc([C@]2(O)CCCC[C@@H]2O)cc1. The largest absolute Gasteiger partial charge is 0.390 e. The van der Waals surface area contributed by atoms with Gasteiger partial charge in [-0.1, -0.05) is 12.8 Å². The number of hydrogen-bond donors (Lipinski definition) is 2. The quantitative estimate of drug-likeness (QED) is 0.606. The van der Waals surface area contributed by atoms with Crippen molar-refractivity contribution >= 4 is 5.69 Å². The maximum Gasteiger partial charge on any atom is 0.269 e. The van der Waals surface area contributed by atoms with Gasteiger partial charge in [0.25, 0.3) is 5.69 Å². The van der Waals surface area contributed by atoms with Gasteiger partial charge in [0.05, 0.1) is 11.0 Å². The van der Waals surface area contributed by atoms with Crippen LogP contribution in [0.4, 0.5) is 5.69 Å². The topological polar surface area (TPSA) is 83.6 Å². The van der Waals surface area contributed by atoms with E-state index in [1.165, 1.54) is 24.3 Å². The molecule has 0 heterocycles. The Morgan fingerprint density at radius 3 is 2.47 bits per heavy atom. The fourth-order valence-corrected chi connectivity index (χ4v) is 2.35. The molecule has 1 aliphatic rings. The van der Waals surface area contributed by atoms with Crippen LogP contribution in [0, 0.1) is 10.1 Å². The van der Waals surface area contributed by atoms with Crippen LogP contribution in [0.1, 0.15) is 31.2 Å². The van der Waals surface area contributed by atoms with E-state index in [0.29, 0.717) is 18.4 Å². The number of aliphatic hydroxyl groups excluding tert-OH is 1. The third-order valence-electron chi connectivity index (χ3n) is 3.41. The number of non-ortho nitro benzene ring substituents is 1. The van der Waals surface area contributed by atoms with Crippen molar-refractivity contribution in [1.29, 1.82) is 0 Å². The molecule has 1 aromatic rings. The molecule has 2 rings (SSSR count). The average Bonchev–Trinajstić information content (AvgIpc) is 2.33. The summed E-state index contributed by atoms with van der Waals surface area (Å²) >= 11 is 0. The molecular formula is C12H15NO4. The second-order valence-corrected chi connectivity index (χ2v) is 4.49. The van der Waals surface area contributed by atoms with E-state index in [0.717, 1.165) is 12.8 Å². The Morgan fingerprint density at radius 1 is 1.29 bits per heavy atom. The number of benzene rings is 1. The first-order valence-electron chi connectivity index (χ1n) is 5.69. The maximum absolute atomic E-state index is 10.5. The Bertz CT molecular complexity index is 417. The summed E-state index contributed by atoms with van der Waals surface area (Å²) in [5.74, 6) is 0. The van der Waals surface area contributed by atoms with Crippen LogP contribution < -0.4 is 0 Å². The Balaban J connectivity index is 2.29. The third-order valence-corrected chi connectivity index (χ3v) is 3.41. The first-order valence-corrected chi connectivity index (χ1v) is 5.69. The van der Waals surface area contributed by atoms with Gasteiger partial charge in [-0.3, -0.25) is 10.1 Å². The van der Waals surface area contributed by atoms with Crippen LogP contribution in [-0.4, -0.2) is 21.2 Å². The van der Waals surface area contributed by atoms with Crippen LogP contribution in [0.3, 0.4) is 0 Å². The molecule has 5 nitrogen and oxygen atoms in total. The lowest BCUT2D eigenvalue weighted by molar-refractivity contribution is -0.384. The van der Waals surface area contributed by atoms with Crippen molar-refractivity contribution < 1.29 is 15.1 Å². The lowest BCUT2D eigenvalue weighted by Gasteiger charge is -2.37. The van der Waals surface area contributed by atoms with Gasteiger partial charge in [-0.2, -0.15) is 0 Å². The number of hydrogen-bond acceptors (Lipinski definition) is 4. The van der Waals surface area contributed by atoms with E-state index in [-0.39, 0.29) is 5.69 Å². The fourth-order valence-electron chi connectivity index (χ4n) is 2.35. The molecule has 1 fully saturated rings. The molecule has 0 aromatic heterocycles. The summed E-state index contributed by atoms with van der Waals surface area (Å²) in [6, 6.07) is 5.75. The number of aliphatic hydroxyl groups is 2. The van der Waals surface area contributed by atoms with Gasteiger partial charge in [0.15, 0.2) is 0 Å². The molecule has 1 aliphatic carbocycles. The number of nitro benzene ring substituents is 1. The zero-order valence-electron chi connectivity index (χ0n) is 9.37. The summed E-state index contributed by atoms with van der Waals surface area (Å²) in [6.45, 7) is 0. The Morgan fingerprint density at radius 2 is 1.94 bits per heavy atom. The van der Waals surface area contributed by atoms with E-state index in [1.54, 1.807) is 0 Å². The van der Waals surface area contributed by atoms with E-state index < -0.39 is 16.6 Å². The number of rotatable bonds is 2. The van der Waals surface area contributed by atoms with Gasteiger partial charge >= 0.3 is 0 Å². The number of nitrogens with zero attached hydrogens (tertiary/aromatic N) is 1. The molecule has 0 saturated heterocycles. The first-order chi connectivity index (χ1) is 8.04. The molecule has 0 spiro atoms. The molecule has 0 aliphatic heterocycles. The summed E-state index contributed by atoms with van der Waals surface area (Å²) in [5, 5.41) is 30.8. The minimum atomic E-state index is -1.26. The standard InChI is InChI=1S/C12H15NO4/c14-11-3-1-2-8-12(11,15)9-4-6-10(7-5-9)13(16)17/h4-7,11,14-15H,1-3,8H2/t11-,12+/m0/s1. The molecule has 0 unspecified atom stereocenters. The van der Waals surface area contributed by atoms with Gasteiger partial charge in [-0.05, 0) is 30.5 Å². The molecule has 2 atom stereocenters. The van der Waals surface area contributed by atoms with Gasteiger partial charge in [-0.15, -0.1) is 0 Å². The van der Waals surface area contributed by atoms with Crippen molar-refractivity contribution in [2.45, 2.75) is 37.4 Å². The Kier molecular flexibility index (Phi) is 3.13. The van der Waals surface area contributed by atoms with Crippen LogP contribution in [0.2, 0.25) is 0 Å². The molecule has 0 radical (unpaired) electrons. The van der Waals surface area contributed by atoms with E-state index in [9.17, 15) is 20.3 Å². The molecule has 92 valence electrons. The van der Waals surface area contributed by atoms with Crippen LogP contribution in [0.5, 0.6) is 0 Å². The molecular weight excluding hydrogens is 222 g/mol. The van der Waals surface area contributed by atoms with E-state index in [2.05, 4.69) is 0 Å². The first kappa shape index (κ1) is 12.0. The van der Waals surface area contributed by atoms with Gasteiger partial charge in [0.1, 0.15) is 5.60 Å². The smallest absolute Gasteiger partial charge is 0.269 e. The monoisotopic (exact) mass is 237 g/mol. The van der Waals surface area contributed by atoms with Crippen molar-refractivity contribution in [2.24, 2.45) is 0 Å². The Labute approximate surface area is 98.9 Å². The summed E-state index contributed by atoms with van der Waals surface area (Å²) in [5.41, 5.74) is -0.717. The summed E-state index contributed by atoms with van der Waals surface area (Å²) in [4.78, 5) is 10.0. The minimum absolute atomic E-state index is 0.0114. The second kappa shape index (κ2) is 4.43. The van der Waals surface area contributed by atoms with E-state index in [4.69, 9.17) is 0 Å². The summed E-state index contributed by atoms with van der Waals surface area (Å²) < 4.78 is 0. The summed E-state index contributed by atoms with van der Waals surface area (Å²) in [6.07, 6.45) is 2.01. The average molecular weight is 237 g/mol. The highest BCUT2D eigenvalue weighted by Crippen LogP contribution is 2.37. The third kappa shape index (κ3) is 2.16. The van der Waals surface area contributed by atoms with Crippen molar-refractivity contribution in [1.82, 2.24) is 0 Å². The second-order valence-electron chi connectivity index (χ2n) is 4.49. The maximum atomic E-state index is 10.5. The lowest BCUT2D eigenvalue weighted by atomic mass is 9.77. The van der Waals surface area contributed by atoms with Crippen LogP contribution in [0.25, 0.3) is 0 Å². The molecule has 5 heteroatoms. The highest BCUT2D eigenvalue weighted by atomic mass is 16.6. The molecule has 1 aromatic carbocycles. The van der Waals surface area contributed by atoms with Crippen molar-refractivity contribution in [3.8, 4) is 0 Å².